The first-order valence-electron chi connectivity index (χ1n) is 13.5. The number of nitrogens with one attached hydrogen (secondary N) is 2. The summed E-state index contributed by atoms with van der Waals surface area (Å²) < 4.78 is 12.5. The minimum absolute atomic E-state index is 0.000170. The zero-order valence-corrected chi connectivity index (χ0v) is 23.1. The first-order chi connectivity index (χ1) is 18.3. The van der Waals surface area contributed by atoms with E-state index in [9.17, 15) is 19.2 Å². The van der Waals surface area contributed by atoms with Crippen molar-refractivity contribution in [2.75, 3.05) is 13.2 Å². The molecule has 0 aromatic carbocycles. The highest BCUT2D eigenvalue weighted by atomic mass is 16.5. The van der Waals surface area contributed by atoms with Crippen molar-refractivity contribution in [2.45, 2.75) is 65.8 Å². The number of carbonyl (C=O) groups excluding carboxylic acids is 4. The van der Waals surface area contributed by atoms with Crippen LogP contribution >= 0.6 is 0 Å². The van der Waals surface area contributed by atoms with E-state index in [-0.39, 0.29) is 35.1 Å². The van der Waals surface area contributed by atoms with Crippen LogP contribution in [0.3, 0.4) is 0 Å². The van der Waals surface area contributed by atoms with Gasteiger partial charge in [0, 0.05) is 12.2 Å². The predicted molar refractivity (Wildman–Crippen MR) is 142 cm³/mol. The van der Waals surface area contributed by atoms with Gasteiger partial charge in [0.1, 0.15) is 5.56 Å². The molecule has 12 nitrogen and oxygen atoms in total. The number of hydrogen-bond acceptors (Lipinski definition) is 7. The summed E-state index contributed by atoms with van der Waals surface area (Å²) in [7, 11) is 0. The summed E-state index contributed by atoms with van der Waals surface area (Å²) in [6.45, 7) is 7.94. The third kappa shape index (κ3) is 6.20. The minimum Gasteiger partial charge on any atom is -0.477 e. The molecule has 214 valence electrons. The van der Waals surface area contributed by atoms with Crippen molar-refractivity contribution in [3.63, 3.8) is 0 Å². The highest BCUT2D eigenvalue weighted by molar-refractivity contribution is 5.98. The van der Waals surface area contributed by atoms with Crippen molar-refractivity contribution in [1.29, 1.82) is 0 Å². The van der Waals surface area contributed by atoms with Crippen molar-refractivity contribution in [3.8, 4) is 5.88 Å². The summed E-state index contributed by atoms with van der Waals surface area (Å²) in [5, 5.41) is 9.69. The van der Waals surface area contributed by atoms with Gasteiger partial charge in [-0.05, 0) is 75.0 Å². The topological polar surface area (TPSA) is 181 Å². The van der Waals surface area contributed by atoms with Crippen molar-refractivity contribution in [2.24, 2.45) is 46.0 Å². The normalized spacial score (nSPS) is 27.5. The molecule has 1 aromatic heterocycles. The van der Waals surface area contributed by atoms with Crippen LogP contribution in [0.15, 0.2) is 12.3 Å². The van der Waals surface area contributed by atoms with E-state index in [0.29, 0.717) is 30.6 Å². The number of ether oxygens (including phenoxy) is 2. The van der Waals surface area contributed by atoms with Gasteiger partial charge in [0.15, 0.2) is 0 Å². The summed E-state index contributed by atoms with van der Waals surface area (Å²) in [4.78, 5) is 48.1. The van der Waals surface area contributed by atoms with Gasteiger partial charge in [-0.25, -0.2) is 14.3 Å². The van der Waals surface area contributed by atoms with E-state index in [2.05, 4.69) is 15.7 Å². The predicted octanol–water partition coefficient (Wildman–Crippen LogP) is 2.63. The van der Waals surface area contributed by atoms with Crippen molar-refractivity contribution in [1.82, 2.24) is 20.4 Å². The van der Waals surface area contributed by atoms with Crippen LogP contribution in [0.2, 0.25) is 0 Å². The average Bonchev–Trinajstić information content (AvgIpc) is 3.25. The van der Waals surface area contributed by atoms with Crippen LogP contribution in [0.4, 0.5) is 9.59 Å². The number of nitrogens with zero attached hydrogens (tertiary/aromatic N) is 2. The van der Waals surface area contributed by atoms with Crippen LogP contribution in [0.25, 0.3) is 6.20 Å². The Morgan fingerprint density at radius 2 is 1.95 bits per heavy atom. The van der Waals surface area contributed by atoms with Crippen LogP contribution in [0.1, 0.15) is 70.2 Å². The lowest BCUT2D eigenvalue weighted by molar-refractivity contribution is -0.130. The van der Waals surface area contributed by atoms with Gasteiger partial charge in [-0.15, -0.1) is 0 Å². The number of hydrogen-bond donors (Lipinski definition) is 4. The maximum atomic E-state index is 13.6. The molecule has 39 heavy (non-hydrogen) atoms. The van der Waals surface area contributed by atoms with E-state index in [0.717, 1.165) is 32.1 Å². The summed E-state index contributed by atoms with van der Waals surface area (Å²) in [5.41, 5.74) is 9.49. The van der Waals surface area contributed by atoms with E-state index in [1.165, 1.54) is 10.9 Å². The van der Waals surface area contributed by atoms with Crippen LogP contribution in [-0.4, -0.2) is 53.0 Å². The Balaban J connectivity index is 1.51. The lowest BCUT2D eigenvalue weighted by atomic mass is 9.42. The fraction of sp³-hybridized carbons (Fsp3) is 0.667. The lowest BCUT2D eigenvalue weighted by Crippen LogP contribution is -2.67. The smallest absolute Gasteiger partial charge is 0.404 e. The Morgan fingerprint density at radius 1 is 1.21 bits per heavy atom. The SMILES string of the molecule is CC(C)COc1c(C(=O)N[C@@H]2C3CC4C[C@@H](COC(N)=O)CC2(C4)C3)cnn1/C=C/C(C)(C)C(=O)NC(N)=O. The third-order valence-electron chi connectivity index (χ3n) is 8.24. The first kappa shape index (κ1) is 28.4. The molecule has 1 heterocycles. The zero-order valence-electron chi connectivity index (χ0n) is 23.1. The molecule has 4 fully saturated rings. The molecule has 5 atom stereocenters. The third-order valence-corrected chi connectivity index (χ3v) is 8.24. The molecule has 12 heteroatoms. The molecular formula is C27H40N6O6. The second-order valence-electron chi connectivity index (χ2n) is 12.4. The van der Waals surface area contributed by atoms with E-state index in [1.807, 2.05) is 13.8 Å². The number of amides is 5. The molecule has 4 aliphatic carbocycles. The number of aromatic nitrogens is 2. The van der Waals surface area contributed by atoms with Gasteiger partial charge in [-0.3, -0.25) is 14.9 Å². The van der Waals surface area contributed by atoms with Crippen molar-refractivity contribution < 1.29 is 28.7 Å². The second kappa shape index (κ2) is 10.9. The van der Waals surface area contributed by atoms with Crippen molar-refractivity contribution in [3.05, 3.63) is 17.8 Å². The van der Waals surface area contributed by atoms with Crippen LogP contribution in [0.5, 0.6) is 5.88 Å². The Hall–Kier alpha value is -3.57. The van der Waals surface area contributed by atoms with E-state index < -0.39 is 23.4 Å². The molecule has 3 bridgehead atoms. The van der Waals surface area contributed by atoms with E-state index in [4.69, 9.17) is 20.9 Å². The maximum Gasteiger partial charge on any atom is 0.404 e. The number of imide groups is 1. The zero-order chi connectivity index (χ0) is 28.5. The monoisotopic (exact) mass is 544 g/mol. The Kier molecular flexibility index (Phi) is 7.94. The van der Waals surface area contributed by atoms with Crippen molar-refractivity contribution >= 4 is 30.1 Å². The highest BCUT2D eigenvalue weighted by Crippen LogP contribution is 2.64. The number of urea groups is 1. The maximum absolute atomic E-state index is 13.6. The lowest BCUT2D eigenvalue weighted by Gasteiger charge is -2.65. The molecule has 4 saturated carbocycles. The molecule has 1 spiro atoms. The van der Waals surface area contributed by atoms with Gasteiger partial charge in [-0.2, -0.15) is 5.10 Å². The summed E-state index contributed by atoms with van der Waals surface area (Å²) in [6.07, 6.45) is 8.88. The molecule has 0 saturated heterocycles. The minimum atomic E-state index is -1.08. The molecule has 3 unspecified atom stereocenters. The number of nitrogens with two attached hydrogens (primary N) is 2. The molecule has 0 radical (unpaired) electrons. The Morgan fingerprint density at radius 3 is 2.62 bits per heavy atom. The Labute approximate surface area is 228 Å². The molecule has 5 rings (SSSR count). The summed E-state index contributed by atoms with van der Waals surface area (Å²) in [6, 6.07) is -0.900. The average molecular weight is 545 g/mol. The van der Waals surface area contributed by atoms with Gasteiger partial charge < -0.3 is 26.3 Å². The molecule has 5 amide bonds. The quantitative estimate of drug-likeness (QED) is 0.349. The second-order valence-corrected chi connectivity index (χ2v) is 12.4. The largest absolute Gasteiger partial charge is 0.477 e. The molecular weight excluding hydrogens is 504 g/mol. The van der Waals surface area contributed by atoms with Crippen LogP contribution < -0.4 is 26.8 Å². The van der Waals surface area contributed by atoms with Crippen LogP contribution in [-0.2, 0) is 9.53 Å². The molecule has 0 aliphatic heterocycles. The molecule has 6 N–H and O–H groups in total. The first-order valence-corrected chi connectivity index (χ1v) is 13.5. The number of carbonyl (C=O) groups is 4. The fourth-order valence-corrected chi connectivity index (χ4v) is 6.65. The van der Waals surface area contributed by atoms with Gasteiger partial charge in [0.25, 0.3) is 5.91 Å². The standard InChI is InChI=1S/C27H40N6O6/c1-15(2)13-38-22-19(12-30-33(22)6-5-26(3,4)23(35)32-24(28)36)21(34)31-20-18-8-16-7-17(14-39-25(29)37)10-27(20,9-16)11-18/h5-6,12,15-18,20H,7-11,13-14H2,1-4H3,(H2,29,37)(H,31,34)(H3,28,32,35,36)/b6-5+/t16?,17-,18?,20-,27?/m1/s1. The van der Waals surface area contributed by atoms with Gasteiger partial charge >= 0.3 is 12.1 Å². The molecule has 1 aromatic rings. The number of primary amides is 2. The fourth-order valence-electron chi connectivity index (χ4n) is 6.65. The summed E-state index contributed by atoms with van der Waals surface area (Å²) >= 11 is 0. The summed E-state index contributed by atoms with van der Waals surface area (Å²) in [5.74, 6) is 0.883. The molecule has 4 aliphatic rings. The highest BCUT2D eigenvalue weighted by Gasteiger charge is 2.61. The number of rotatable bonds is 10. The van der Waals surface area contributed by atoms with Gasteiger partial charge in [0.05, 0.1) is 24.8 Å². The van der Waals surface area contributed by atoms with Gasteiger partial charge in [0.2, 0.25) is 11.8 Å². The van der Waals surface area contributed by atoms with Crippen LogP contribution in [0, 0.1) is 34.5 Å². The Bertz CT molecular complexity index is 1160. The van der Waals surface area contributed by atoms with Gasteiger partial charge in [-0.1, -0.05) is 19.9 Å². The van der Waals surface area contributed by atoms with E-state index in [1.54, 1.807) is 26.1 Å². The van der Waals surface area contributed by atoms with E-state index >= 15 is 0 Å².